The Morgan fingerprint density at radius 1 is 1.33 bits per heavy atom. The molecule has 0 bridgehead atoms. The number of hydrogen-bond donors (Lipinski definition) is 1. The van der Waals surface area contributed by atoms with Crippen molar-refractivity contribution in [2.45, 2.75) is 58.1 Å². The Labute approximate surface area is 148 Å². The zero-order valence-corrected chi connectivity index (χ0v) is 15.8. The molecule has 2 aliphatic carbocycles. The van der Waals surface area contributed by atoms with Gasteiger partial charge >= 0.3 is 6.09 Å². The number of hydroxylamine groups is 2. The predicted octanol–water partition coefficient (Wildman–Crippen LogP) is 3.51. The van der Waals surface area contributed by atoms with Crippen molar-refractivity contribution >= 4 is 18.1 Å². The van der Waals surface area contributed by atoms with Crippen molar-refractivity contribution in [1.29, 1.82) is 0 Å². The number of carbonyl (C=O) groups is 1. The van der Waals surface area contributed by atoms with Crippen molar-refractivity contribution in [2.24, 2.45) is 11.8 Å². The van der Waals surface area contributed by atoms with E-state index >= 15 is 0 Å². The lowest BCUT2D eigenvalue weighted by molar-refractivity contribution is -0.0916. The molecule has 0 saturated heterocycles. The minimum Gasteiger partial charge on any atom is -0.496 e. The molecule has 1 amide bonds. The van der Waals surface area contributed by atoms with Gasteiger partial charge in [0.15, 0.2) is 0 Å². The Hall–Kier alpha value is -0.920. The molecule has 2 rings (SSSR count). The van der Waals surface area contributed by atoms with Crippen LogP contribution in [0.3, 0.4) is 0 Å². The van der Waals surface area contributed by atoms with E-state index in [0.717, 1.165) is 18.5 Å². The van der Waals surface area contributed by atoms with E-state index < -0.39 is 11.7 Å². The first kappa shape index (κ1) is 19.4. The fourth-order valence-corrected chi connectivity index (χ4v) is 2.88. The first-order valence-electron chi connectivity index (χ1n) is 8.52. The first-order chi connectivity index (χ1) is 11.3. The third kappa shape index (κ3) is 5.86. The van der Waals surface area contributed by atoms with Gasteiger partial charge in [-0.15, -0.1) is 0 Å². The molecule has 0 spiro atoms. The van der Waals surface area contributed by atoms with Crippen LogP contribution in [-0.4, -0.2) is 47.4 Å². The summed E-state index contributed by atoms with van der Waals surface area (Å²) in [4.78, 5) is 12.5. The van der Waals surface area contributed by atoms with E-state index in [1.54, 1.807) is 6.26 Å². The van der Waals surface area contributed by atoms with E-state index in [4.69, 9.17) is 13.8 Å². The van der Waals surface area contributed by atoms with Crippen LogP contribution in [0.4, 0.5) is 4.79 Å². The second kappa shape index (κ2) is 8.45. The second-order valence-electron chi connectivity index (χ2n) is 7.41. The fraction of sp³-hybridized carbons (Fsp3) is 0.824. The van der Waals surface area contributed by atoms with Crippen molar-refractivity contribution in [3.05, 3.63) is 11.8 Å². The van der Waals surface area contributed by atoms with Gasteiger partial charge in [-0.25, -0.2) is 4.79 Å². The normalized spacial score (nSPS) is 24.3. The molecule has 7 heteroatoms. The van der Waals surface area contributed by atoms with Crippen LogP contribution in [0.15, 0.2) is 11.8 Å². The van der Waals surface area contributed by atoms with Gasteiger partial charge in [0, 0.05) is 30.8 Å². The third-order valence-corrected chi connectivity index (χ3v) is 4.28. The second-order valence-corrected chi connectivity index (χ2v) is 7.89. The molecule has 6 nitrogen and oxygen atoms in total. The molecule has 2 atom stereocenters. The maximum atomic E-state index is 12.5. The van der Waals surface area contributed by atoms with Crippen molar-refractivity contribution < 1.29 is 23.7 Å². The predicted molar refractivity (Wildman–Crippen MR) is 93.0 cm³/mol. The van der Waals surface area contributed by atoms with Gasteiger partial charge in [0.25, 0.3) is 0 Å². The number of carbonyl (C=O) groups excluding carboxylic acids is 1. The quantitative estimate of drug-likeness (QED) is 0.554. The summed E-state index contributed by atoms with van der Waals surface area (Å²) >= 11 is 1.10. The number of nitrogens with zero attached hydrogens (tertiary/aromatic N) is 1. The van der Waals surface area contributed by atoms with Gasteiger partial charge in [0.2, 0.25) is 0 Å². The smallest absolute Gasteiger partial charge is 0.436 e. The molecular formula is C17H29NO5S. The number of aliphatic hydroxyl groups excluding tert-OH is 1. The molecule has 0 heterocycles. The minimum absolute atomic E-state index is 0.0604. The van der Waals surface area contributed by atoms with Crippen LogP contribution in [-0.2, 0) is 13.8 Å². The zero-order chi connectivity index (χ0) is 17.7. The summed E-state index contributed by atoms with van der Waals surface area (Å²) in [6, 6.07) is -0.325. The molecule has 24 heavy (non-hydrogen) atoms. The Bertz CT molecular complexity index is 458. The first-order valence-corrected chi connectivity index (χ1v) is 9.67. The molecule has 2 aliphatic rings. The molecule has 0 aromatic carbocycles. The Morgan fingerprint density at radius 2 is 2.04 bits per heavy atom. The molecule has 1 unspecified atom stereocenters. The van der Waals surface area contributed by atoms with Crippen molar-refractivity contribution in [2.75, 3.05) is 19.5 Å². The molecular weight excluding hydrogens is 330 g/mol. The van der Waals surface area contributed by atoms with Gasteiger partial charge in [-0.2, -0.15) is 9.35 Å². The van der Waals surface area contributed by atoms with Crippen molar-refractivity contribution in [3.63, 3.8) is 0 Å². The highest BCUT2D eigenvalue weighted by atomic mass is 32.2. The monoisotopic (exact) mass is 359 g/mol. The van der Waals surface area contributed by atoms with Gasteiger partial charge in [0.1, 0.15) is 17.4 Å². The van der Waals surface area contributed by atoms with E-state index in [2.05, 4.69) is 0 Å². The number of aliphatic hydroxyl groups is 1. The number of ether oxygens (including phenoxy) is 2. The highest BCUT2D eigenvalue weighted by Crippen LogP contribution is 2.34. The van der Waals surface area contributed by atoms with Gasteiger partial charge < -0.3 is 14.6 Å². The number of amides is 1. The summed E-state index contributed by atoms with van der Waals surface area (Å²) < 4.78 is 16.9. The zero-order valence-electron chi connectivity index (χ0n) is 15.0. The largest absolute Gasteiger partial charge is 0.496 e. The lowest BCUT2D eigenvalue weighted by Gasteiger charge is -2.35. The number of hydrogen-bond acceptors (Lipinski definition) is 6. The highest BCUT2D eigenvalue weighted by Gasteiger charge is 2.37. The lowest BCUT2D eigenvalue weighted by atomic mass is 9.91. The van der Waals surface area contributed by atoms with Crippen molar-refractivity contribution in [3.8, 4) is 0 Å². The average Bonchev–Trinajstić information content (AvgIpc) is 3.33. The Kier molecular flexibility index (Phi) is 6.83. The van der Waals surface area contributed by atoms with E-state index in [1.807, 2.05) is 26.8 Å². The van der Waals surface area contributed by atoms with Crippen LogP contribution < -0.4 is 0 Å². The molecule has 0 radical (unpaired) electrons. The Morgan fingerprint density at radius 3 is 2.58 bits per heavy atom. The lowest BCUT2D eigenvalue weighted by Crippen LogP contribution is -2.45. The van der Waals surface area contributed by atoms with Crippen LogP contribution in [0.25, 0.3) is 0 Å². The molecule has 138 valence electrons. The maximum absolute atomic E-state index is 12.5. The highest BCUT2D eigenvalue weighted by molar-refractivity contribution is 7.93. The molecule has 1 fully saturated rings. The standard InChI is InChI=1S/C17H29NO5S/c1-17(2,3)22-16(20)18(23-24-4)14-8-7-13(10-19)9-15(14)21-11-12-5-6-12/h9,12-14,19H,5-8,10-11H2,1-4H3/t13?,14-/m0/s1. The van der Waals surface area contributed by atoms with Gasteiger partial charge in [-0.1, -0.05) is 0 Å². The molecule has 1 saturated carbocycles. The molecule has 0 aromatic heterocycles. The summed E-state index contributed by atoms with van der Waals surface area (Å²) in [5, 5.41) is 10.7. The minimum atomic E-state index is -0.599. The fourth-order valence-electron chi connectivity index (χ4n) is 2.56. The summed E-state index contributed by atoms with van der Waals surface area (Å²) in [6.45, 7) is 6.21. The molecule has 0 aromatic rings. The van der Waals surface area contributed by atoms with Crippen LogP contribution in [0, 0.1) is 11.8 Å². The van der Waals surface area contributed by atoms with Crippen LogP contribution in [0.5, 0.6) is 0 Å². The average molecular weight is 359 g/mol. The van der Waals surface area contributed by atoms with Gasteiger partial charge in [-0.3, -0.25) is 0 Å². The summed E-state index contributed by atoms with van der Waals surface area (Å²) in [5.41, 5.74) is -0.599. The summed E-state index contributed by atoms with van der Waals surface area (Å²) in [6.07, 6.45) is 6.99. The Balaban J connectivity index is 2.12. The van der Waals surface area contributed by atoms with Gasteiger partial charge in [-0.05, 0) is 58.4 Å². The van der Waals surface area contributed by atoms with E-state index in [1.165, 1.54) is 17.9 Å². The SMILES string of the molecule is CSON(C(=O)OC(C)(C)C)[C@H]1CCC(CO)C=C1OCC1CC1. The number of rotatable bonds is 7. The molecule has 0 aliphatic heterocycles. The van der Waals surface area contributed by atoms with E-state index in [-0.39, 0.29) is 18.6 Å². The van der Waals surface area contributed by atoms with E-state index in [0.29, 0.717) is 24.7 Å². The van der Waals surface area contributed by atoms with Crippen LogP contribution >= 0.6 is 12.0 Å². The van der Waals surface area contributed by atoms with Crippen LogP contribution in [0.1, 0.15) is 46.5 Å². The van der Waals surface area contributed by atoms with Crippen molar-refractivity contribution in [1.82, 2.24) is 5.06 Å². The third-order valence-electron chi connectivity index (χ3n) is 3.97. The summed E-state index contributed by atoms with van der Waals surface area (Å²) in [7, 11) is 0. The van der Waals surface area contributed by atoms with Gasteiger partial charge in [0.05, 0.1) is 6.61 Å². The van der Waals surface area contributed by atoms with E-state index in [9.17, 15) is 9.90 Å². The van der Waals surface area contributed by atoms with Crippen LogP contribution in [0.2, 0.25) is 0 Å². The topological polar surface area (TPSA) is 68.2 Å². The maximum Gasteiger partial charge on any atom is 0.436 e. The summed E-state index contributed by atoms with van der Waals surface area (Å²) in [5.74, 6) is 1.37. The molecule has 1 N–H and O–H groups in total.